The molecular formula is C26H24F3N2O4-. The summed E-state index contributed by atoms with van der Waals surface area (Å²) >= 11 is 0. The maximum Gasteiger partial charge on any atom is 0.433 e. The Bertz CT molecular complexity index is 1250. The van der Waals surface area contributed by atoms with Crippen LogP contribution in [-0.4, -0.2) is 23.1 Å². The smallest absolute Gasteiger partial charge is 0.433 e. The van der Waals surface area contributed by atoms with Crippen molar-refractivity contribution < 1.29 is 32.5 Å². The quantitative estimate of drug-likeness (QED) is 0.472. The number of aromatic nitrogens is 1. The van der Waals surface area contributed by atoms with Crippen molar-refractivity contribution in [1.82, 2.24) is 10.3 Å². The van der Waals surface area contributed by atoms with Crippen LogP contribution >= 0.6 is 0 Å². The second kappa shape index (κ2) is 9.85. The number of allylic oxidation sites excluding steroid dienone is 2. The van der Waals surface area contributed by atoms with E-state index in [1.165, 1.54) is 0 Å². The van der Waals surface area contributed by atoms with Crippen LogP contribution in [0.1, 0.15) is 37.9 Å². The highest BCUT2D eigenvalue weighted by atomic mass is 19.4. The molecule has 1 aliphatic carbocycles. The highest BCUT2D eigenvalue weighted by Gasteiger charge is 2.33. The number of halogens is 3. The van der Waals surface area contributed by atoms with Gasteiger partial charge in [0.1, 0.15) is 17.2 Å². The molecule has 0 saturated carbocycles. The molecule has 35 heavy (non-hydrogen) atoms. The first-order chi connectivity index (χ1) is 16.6. The Hall–Kier alpha value is -3.75. The van der Waals surface area contributed by atoms with E-state index < -0.39 is 23.9 Å². The summed E-state index contributed by atoms with van der Waals surface area (Å²) in [5.74, 6) is -0.367. The summed E-state index contributed by atoms with van der Waals surface area (Å²) in [6, 6.07) is 13.0. The zero-order chi connectivity index (χ0) is 25.2. The predicted molar refractivity (Wildman–Crippen MR) is 121 cm³/mol. The van der Waals surface area contributed by atoms with Crippen LogP contribution < -0.4 is 15.2 Å². The number of ether oxygens (including phenoxy) is 2. The van der Waals surface area contributed by atoms with Crippen molar-refractivity contribution in [3.05, 3.63) is 77.3 Å². The lowest BCUT2D eigenvalue weighted by molar-refractivity contribution is -0.308. The number of aliphatic carboxylic acids is 1. The van der Waals surface area contributed by atoms with Crippen LogP contribution in [-0.2, 0) is 22.1 Å². The number of nitrogens with one attached hydrogen (secondary N) is 1. The molecule has 9 heteroatoms. The number of carbonyl (C=O) groups excluding carboxylic acids is 1. The zero-order valence-corrected chi connectivity index (χ0v) is 19.2. The van der Waals surface area contributed by atoms with Gasteiger partial charge in [0.25, 0.3) is 0 Å². The Balaban J connectivity index is 1.50. The molecule has 0 radical (unpaired) electrons. The largest absolute Gasteiger partial charge is 0.548 e. The van der Waals surface area contributed by atoms with E-state index >= 15 is 0 Å². The van der Waals surface area contributed by atoms with Gasteiger partial charge >= 0.3 is 6.18 Å². The highest BCUT2D eigenvalue weighted by molar-refractivity contribution is 5.87. The van der Waals surface area contributed by atoms with E-state index in [0.29, 0.717) is 22.8 Å². The second-order valence-corrected chi connectivity index (χ2v) is 8.57. The summed E-state index contributed by atoms with van der Waals surface area (Å²) in [5.41, 5.74) is 0.402. The molecule has 184 valence electrons. The molecule has 0 spiro atoms. The third-order valence-corrected chi connectivity index (χ3v) is 5.52. The van der Waals surface area contributed by atoms with Crippen molar-refractivity contribution in [3.8, 4) is 11.6 Å². The van der Waals surface area contributed by atoms with Crippen LogP contribution in [0.3, 0.4) is 0 Å². The maximum atomic E-state index is 13.3. The number of hydrogen-bond donors (Lipinski definition) is 1. The molecule has 3 aromatic rings. The Kier molecular flexibility index (Phi) is 6.86. The average molecular weight is 485 g/mol. The number of carbonyl (C=O) groups is 1. The number of pyridine rings is 1. The number of alkyl halides is 3. The molecule has 0 aliphatic heterocycles. The predicted octanol–water partition coefficient (Wildman–Crippen LogP) is 4.73. The van der Waals surface area contributed by atoms with Crippen molar-refractivity contribution in [1.29, 1.82) is 0 Å². The van der Waals surface area contributed by atoms with E-state index in [1.807, 2.05) is 13.8 Å². The molecule has 1 atom stereocenters. The number of hydrogen-bond acceptors (Lipinski definition) is 6. The molecule has 1 unspecified atom stereocenters. The van der Waals surface area contributed by atoms with Crippen molar-refractivity contribution in [2.45, 2.75) is 51.4 Å². The summed E-state index contributed by atoms with van der Waals surface area (Å²) in [4.78, 5) is 15.4. The highest BCUT2D eigenvalue weighted by Crippen LogP contribution is 2.35. The SMILES string of the molecule is CC(C)OC1=C(NC(Cc2ccc(Oc3nc(C(F)(F)F)cc4ccccc34)cc2)C(=O)[O-])CC1. The van der Waals surface area contributed by atoms with Crippen LogP contribution in [0, 0.1) is 0 Å². The lowest BCUT2D eigenvalue weighted by Gasteiger charge is -2.31. The van der Waals surface area contributed by atoms with E-state index in [1.54, 1.807) is 48.5 Å². The fourth-order valence-electron chi connectivity index (χ4n) is 3.75. The lowest BCUT2D eigenvalue weighted by atomic mass is 9.99. The summed E-state index contributed by atoms with van der Waals surface area (Å²) in [7, 11) is 0. The Morgan fingerprint density at radius 3 is 2.43 bits per heavy atom. The Morgan fingerprint density at radius 2 is 1.83 bits per heavy atom. The number of rotatable bonds is 9. The first-order valence-electron chi connectivity index (χ1n) is 11.2. The number of fused-ring (bicyclic) bond motifs is 1. The summed E-state index contributed by atoms with van der Waals surface area (Å²) in [6.45, 7) is 3.81. The van der Waals surface area contributed by atoms with Crippen molar-refractivity contribution in [2.75, 3.05) is 0 Å². The van der Waals surface area contributed by atoms with Gasteiger partial charge in [-0.15, -0.1) is 0 Å². The van der Waals surface area contributed by atoms with Crippen LogP contribution in [0.15, 0.2) is 66.1 Å². The van der Waals surface area contributed by atoms with Crippen molar-refractivity contribution in [2.24, 2.45) is 0 Å². The number of carboxylic acid groups (broad SMARTS) is 1. The topological polar surface area (TPSA) is 83.5 Å². The molecule has 1 heterocycles. The number of benzene rings is 2. The van der Waals surface area contributed by atoms with Gasteiger partial charge < -0.3 is 24.7 Å². The molecule has 2 aromatic carbocycles. The number of nitrogens with zero attached hydrogens (tertiary/aromatic N) is 1. The van der Waals surface area contributed by atoms with Crippen LogP contribution in [0.2, 0.25) is 0 Å². The minimum atomic E-state index is -4.62. The zero-order valence-electron chi connectivity index (χ0n) is 19.2. The minimum Gasteiger partial charge on any atom is -0.548 e. The van der Waals surface area contributed by atoms with Crippen LogP contribution in [0.4, 0.5) is 13.2 Å². The molecule has 4 rings (SSSR count). The molecule has 0 saturated heterocycles. The van der Waals surface area contributed by atoms with Gasteiger partial charge in [0, 0.05) is 11.8 Å². The van der Waals surface area contributed by atoms with E-state index in [4.69, 9.17) is 9.47 Å². The Labute approximate surface area is 200 Å². The van der Waals surface area contributed by atoms with Gasteiger partial charge in [-0.05, 0) is 61.9 Å². The van der Waals surface area contributed by atoms with Crippen molar-refractivity contribution >= 4 is 16.7 Å². The van der Waals surface area contributed by atoms with Crippen LogP contribution in [0.5, 0.6) is 11.6 Å². The van der Waals surface area contributed by atoms with Gasteiger partial charge in [-0.2, -0.15) is 13.2 Å². The molecule has 1 aliphatic rings. The molecule has 0 fully saturated rings. The van der Waals surface area contributed by atoms with Crippen molar-refractivity contribution in [3.63, 3.8) is 0 Å². The summed E-state index contributed by atoms with van der Waals surface area (Å²) < 4.78 is 51.2. The number of carboxylic acids is 1. The monoisotopic (exact) mass is 485 g/mol. The van der Waals surface area contributed by atoms with Gasteiger partial charge in [0.2, 0.25) is 5.88 Å². The molecular weight excluding hydrogens is 461 g/mol. The minimum absolute atomic E-state index is 0.000478. The first-order valence-corrected chi connectivity index (χ1v) is 11.2. The standard InChI is InChI=1S/C26H25F3N2O4/c1-15(2)34-22-12-11-20(22)30-21(25(32)33)13-16-7-9-18(10-8-16)35-24-19-6-4-3-5-17(19)14-23(31-24)26(27,28)29/h3-10,14-15,21,30H,11-13H2,1-2H3,(H,32,33)/p-1. The van der Waals surface area contributed by atoms with E-state index in [2.05, 4.69) is 10.3 Å². The summed E-state index contributed by atoms with van der Waals surface area (Å²) in [5, 5.41) is 15.5. The molecule has 0 bridgehead atoms. The molecule has 0 amide bonds. The fraction of sp³-hybridized carbons (Fsp3) is 0.308. The van der Waals surface area contributed by atoms with Gasteiger partial charge in [-0.25, -0.2) is 4.98 Å². The second-order valence-electron chi connectivity index (χ2n) is 8.57. The molecule has 1 N–H and O–H groups in total. The maximum absolute atomic E-state index is 13.3. The molecule has 6 nitrogen and oxygen atoms in total. The third kappa shape index (κ3) is 5.85. The molecule has 1 aromatic heterocycles. The Morgan fingerprint density at radius 1 is 1.11 bits per heavy atom. The first kappa shape index (κ1) is 24.4. The normalized spacial score (nSPS) is 14.6. The van der Waals surface area contributed by atoms with Crippen LogP contribution in [0.25, 0.3) is 10.8 Å². The van der Waals surface area contributed by atoms with E-state index in [0.717, 1.165) is 23.9 Å². The van der Waals surface area contributed by atoms with Gasteiger partial charge in [0.15, 0.2) is 0 Å². The van der Waals surface area contributed by atoms with E-state index in [-0.39, 0.29) is 24.2 Å². The fourth-order valence-corrected chi connectivity index (χ4v) is 3.75. The van der Waals surface area contributed by atoms with Gasteiger partial charge in [0.05, 0.1) is 23.8 Å². The van der Waals surface area contributed by atoms with Gasteiger partial charge in [-0.3, -0.25) is 0 Å². The lowest BCUT2D eigenvalue weighted by Crippen LogP contribution is -2.47. The average Bonchev–Trinajstić information content (AvgIpc) is 2.79. The van der Waals surface area contributed by atoms with Gasteiger partial charge in [-0.1, -0.05) is 30.3 Å². The summed E-state index contributed by atoms with van der Waals surface area (Å²) in [6.07, 6.45) is -3.01. The third-order valence-electron chi connectivity index (χ3n) is 5.52. The van der Waals surface area contributed by atoms with E-state index in [9.17, 15) is 23.1 Å².